The van der Waals surface area contributed by atoms with Crippen LogP contribution in [0.4, 0.5) is 0 Å². The summed E-state index contributed by atoms with van der Waals surface area (Å²) in [4.78, 5) is 0. The summed E-state index contributed by atoms with van der Waals surface area (Å²) in [6.07, 6.45) is 0. The topological polar surface area (TPSA) is 9.86 Å². The van der Waals surface area contributed by atoms with Gasteiger partial charge in [0, 0.05) is 32.9 Å². The molecule has 0 saturated carbocycles. The zero-order valence-corrected chi connectivity index (χ0v) is 30.7. The summed E-state index contributed by atoms with van der Waals surface area (Å²) in [5, 5.41) is 5.01. The molecule has 0 bridgehead atoms. The third kappa shape index (κ3) is 5.34. The Morgan fingerprint density at radius 2 is 0.571 bits per heavy atom. The lowest BCUT2D eigenvalue weighted by molar-refractivity contribution is 1.18. The molecular formula is C54H36N2. The molecule has 2 heteroatoms. The Morgan fingerprint density at radius 3 is 1.14 bits per heavy atom. The third-order valence-electron chi connectivity index (χ3n) is 11.3. The van der Waals surface area contributed by atoms with Crippen LogP contribution in [0.15, 0.2) is 218 Å². The fourth-order valence-electron chi connectivity index (χ4n) is 8.63. The molecule has 0 unspecified atom stereocenters. The Morgan fingerprint density at radius 1 is 0.196 bits per heavy atom. The second kappa shape index (κ2) is 13.2. The van der Waals surface area contributed by atoms with Crippen molar-refractivity contribution >= 4 is 43.6 Å². The van der Waals surface area contributed by atoms with E-state index in [1.807, 2.05) is 0 Å². The van der Waals surface area contributed by atoms with Crippen molar-refractivity contribution in [2.24, 2.45) is 0 Å². The van der Waals surface area contributed by atoms with Gasteiger partial charge in [0.05, 0.1) is 22.1 Å². The number of benzene rings is 9. The maximum absolute atomic E-state index is 2.40. The molecule has 0 fully saturated rings. The van der Waals surface area contributed by atoms with Crippen LogP contribution in [0.2, 0.25) is 0 Å². The molecule has 0 atom stereocenters. The molecule has 56 heavy (non-hydrogen) atoms. The summed E-state index contributed by atoms with van der Waals surface area (Å²) < 4.78 is 4.80. The molecule has 11 rings (SSSR count). The highest BCUT2D eigenvalue weighted by Gasteiger charge is 2.16. The highest BCUT2D eigenvalue weighted by molar-refractivity contribution is 6.12. The van der Waals surface area contributed by atoms with Crippen LogP contribution in [0.3, 0.4) is 0 Å². The lowest BCUT2D eigenvalue weighted by Gasteiger charge is -2.11. The van der Waals surface area contributed by atoms with Crippen LogP contribution in [0.1, 0.15) is 0 Å². The van der Waals surface area contributed by atoms with E-state index in [0.717, 1.165) is 11.4 Å². The molecular weight excluding hydrogens is 677 g/mol. The maximum Gasteiger partial charge on any atom is 0.0541 e. The molecule has 0 N–H and O–H groups in total. The first-order valence-electron chi connectivity index (χ1n) is 19.3. The molecule has 2 heterocycles. The number of fused-ring (bicyclic) bond motifs is 6. The SMILES string of the molecule is c1ccc(-c2ccc(-n3c4ccccc4c4cc(-c5cccc(-c6ccc7c(c6)c6ccccc6n7-c6cccc(-c7ccccc7)c6)c5)ccc43)cc2)cc1. The largest absolute Gasteiger partial charge is 0.309 e. The Balaban J connectivity index is 0.985. The van der Waals surface area contributed by atoms with Gasteiger partial charge in [0.2, 0.25) is 0 Å². The van der Waals surface area contributed by atoms with Crippen molar-refractivity contribution in [2.75, 3.05) is 0 Å². The first-order chi connectivity index (χ1) is 27.8. The molecule has 0 radical (unpaired) electrons. The maximum atomic E-state index is 2.40. The fourth-order valence-corrected chi connectivity index (χ4v) is 8.63. The highest BCUT2D eigenvalue weighted by Crippen LogP contribution is 2.39. The van der Waals surface area contributed by atoms with Gasteiger partial charge in [-0.2, -0.15) is 0 Å². The number of rotatable bonds is 6. The molecule has 11 aromatic rings. The van der Waals surface area contributed by atoms with Crippen LogP contribution in [0.25, 0.3) is 99.5 Å². The van der Waals surface area contributed by atoms with E-state index in [1.54, 1.807) is 0 Å². The molecule has 262 valence electrons. The quantitative estimate of drug-likeness (QED) is 0.162. The van der Waals surface area contributed by atoms with Crippen LogP contribution in [0.5, 0.6) is 0 Å². The average Bonchev–Trinajstić information content (AvgIpc) is 3.79. The van der Waals surface area contributed by atoms with Gasteiger partial charge in [-0.15, -0.1) is 0 Å². The molecule has 0 aliphatic heterocycles. The van der Waals surface area contributed by atoms with E-state index in [4.69, 9.17) is 0 Å². The van der Waals surface area contributed by atoms with Crippen LogP contribution < -0.4 is 0 Å². The van der Waals surface area contributed by atoms with E-state index in [0.29, 0.717) is 0 Å². The molecule has 0 spiro atoms. The summed E-state index contributed by atoms with van der Waals surface area (Å²) in [6, 6.07) is 79.4. The normalized spacial score (nSPS) is 11.6. The predicted octanol–water partition coefficient (Wildman–Crippen LogP) is 14.5. The second-order valence-corrected chi connectivity index (χ2v) is 14.6. The average molecular weight is 713 g/mol. The van der Waals surface area contributed by atoms with E-state index in [9.17, 15) is 0 Å². The van der Waals surface area contributed by atoms with Crippen molar-refractivity contribution in [3.05, 3.63) is 218 Å². The standard InChI is InChI=1S/C54H36N2/c1-3-13-37(14-4-1)39-25-29-45(30-26-39)55-51-23-9-7-21-47(51)49-35-43(27-31-53(49)55)40-17-11-18-41(33-40)44-28-32-54-50(36-44)48-22-8-10-24-52(48)56(54)46-20-12-19-42(34-46)38-15-5-2-6-16-38/h1-36H. The first kappa shape index (κ1) is 32.0. The smallest absolute Gasteiger partial charge is 0.0541 e. The highest BCUT2D eigenvalue weighted by atomic mass is 15.0. The van der Waals surface area contributed by atoms with Gasteiger partial charge >= 0.3 is 0 Å². The molecule has 0 saturated heterocycles. The van der Waals surface area contributed by atoms with Crippen LogP contribution in [-0.2, 0) is 0 Å². The fraction of sp³-hybridized carbons (Fsp3) is 0. The van der Waals surface area contributed by atoms with Gasteiger partial charge in [-0.05, 0) is 111 Å². The minimum Gasteiger partial charge on any atom is -0.309 e. The van der Waals surface area contributed by atoms with E-state index in [-0.39, 0.29) is 0 Å². The van der Waals surface area contributed by atoms with Crippen molar-refractivity contribution in [3.8, 4) is 55.9 Å². The molecule has 0 amide bonds. The number of hydrogen-bond donors (Lipinski definition) is 0. The van der Waals surface area contributed by atoms with Crippen molar-refractivity contribution in [2.45, 2.75) is 0 Å². The van der Waals surface area contributed by atoms with Gasteiger partial charge in [-0.25, -0.2) is 0 Å². The number of hydrogen-bond acceptors (Lipinski definition) is 0. The Kier molecular flexibility index (Phi) is 7.53. The van der Waals surface area contributed by atoms with Gasteiger partial charge in [-0.3, -0.25) is 0 Å². The van der Waals surface area contributed by atoms with Crippen LogP contribution in [-0.4, -0.2) is 9.13 Å². The van der Waals surface area contributed by atoms with E-state index in [1.165, 1.54) is 88.1 Å². The number of nitrogens with zero attached hydrogens (tertiary/aromatic N) is 2. The molecule has 0 aliphatic carbocycles. The first-order valence-corrected chi connectivity index (χ1v) is 19.3. The minimum absolute atomic E-state index is 1.16. The molecule has 9 aromatic carbocycles. The third-order valence-corrected chi connectivity index (χ3v) is 11.3. The Labute approximate surface area is 325 Å². The number of aromatic nitrogens is 2. The molecule has 2 aromatic heterocycles. The lowest BCUT2D eigenvalue weighted by atomic mass is 9.97. The van der Waals surface area contributed by atoms with E-state index < -0.39 is 0 Å². The molecule has 0 aliphatic rings. The monoisotopic (exact) mass is 712 g/mol. The van der Waals surface area contributed by atoms with Gasteiger partial charge in [-0.1, -0.05) is 152 Å². The summed E-state index contributed by atoms with van der Waals surface area (Å²) in [5.41, 5.74) is 16.8. The van der Waals surface area contributed by atoms with Crippen molar-refractivity contribution in [1.82, 2.24) is 9.13 Å². The van der Waals surface area contributed by atoms with E-state index in [2.05, 4.69) is 228 Å². The number of para-hydroxylation sites is 2. The van der Waals surface area contributed by atoms with Crippen LogP contribution >= 0.6 is 0 Å². The van der Waals surface area contributed by atoms with E-state index >= 15 is 0 Å². The predicted molar refractivity (Wildman–Crippen MR) is 237 cm³/mol. The van der Waals surface area contributed by atoms with Crippen molar-refractivity contribution in [1.29, 1.82) is 0 Å². The Hall–Kier alpha value is -7.42. The summed E-state index contributed by atoms with van der Waals surface area (Å²) in [5.74, 6) is 0. The van der Waals surface area contributed by atoms with Crippen molar-refractivity contribution < 1.29 is 0 Å². The zero-order chi connectivity index (χ0) is 37.0. The van der Waals surface area contributed by atoms with Gasteiger partial charge < -0.3 is 9.13 Å². The zero-order valence-electron chi connectivity index (χ0n) is 30.7. The summed E-state index contributed by atoms with van der Waals surface area (Å²) in [7, 11) is 0. The summed E-state index contributed by atoms with van der Waals surface area (Å²) >= 11 is 0. The minimum atomic E-state index is 1.16. The summed E-state index contributed by atoms with van der Waals surface area (Å²) in [6.45, 7) is 0. The van der Waals surface area contributed by atoms with Crippen LogP contribution in [0, 0.1) is 0 Å². The van der Waals surface area contributed by atoms with Gasteiger partial charge in [0.15, 0.2) is 0 Å². The lowest BCUT2D eigenvalue weighted by Crippen LogP contribution is -1.94. The van der Waals surface area contributed by atoms with Crippen molar-refractivity contribution in [3.63, 3.8) is 0 Å². The molecule has 2 nitrogen and oxygen atoms in total. The van der Waals surface area contributed by atoms with Gasteiger partial charge in [0.25, 0.3) is 0 Å². The van der Waals surface area contributed by atoms with Gasteiger partial charge in [0.1, 0.15) is 0 Å². The Bertz CT molecular complexity index is 3220. The second-order valence-electron chi connectivity index (χ2n) is 14.6.